The van der Waals surface area contributed by atoms with Crippen LogP contribution in [0.3, 0.4) is 0 Å². The number of carboxylic acids is 1. The number of pyridine rings is 1. The molecule has 498 valence electrons. The average Bonchev–Trinajstić information content (AvgIpc) is 1.71. The van der Waals surface area contributed by atoms with Gasteiger partial charge >= 0.3 is 42.1 Å². The number of sulfone groups is 1. The predicted molar refractivity (Wildman–Crippen MR) is 309 cm³/mol. The summed E-state index contributed by atoms with van der Waals surface area (Å²) >= 11 is 5.80. The highest BCUT2D eigenvalue weighted by atomic mass is 35.5. The summed E-state index contributed by atoms with van der Waals surface area (Å²) in [5, 5.41) is 22.4. The fourth-order valence-electron chi connectivity index (χ4n) is 6.46. The molecule has 0 aliphatic heterocycles. The molecule has 0 fully saturated rings. The van der Waals surface area contributed by atoms with Crippen LogP contribution in [0.15, 0.2) is 99.9 Å². The Hall–Kier alpha value is -8.82. The SMILES string of the molecule is CCOc1cc(Oc2ccc(C(F)(F)F)cc2Cl)ccc1[N+](=O)[O-].CCS(=O)(=O)c1cccnc1S(=O)(=O)NC(=O)Nc1nc(OC)cc(OC)n1.COc1nc(C)nc(NC(=O)NS(=O)(=O)c2ccccc2CCC(F)(F)F)n1.CP(=O)(O)CCC(N)C(=O)O. The minimum Gasteiger partial charge on any atom is -0.487 e. The number of anilines is 2. The lowest BCUT2D eigenvalue weighted by Gasteiger charge is -2.13. The number of benzene rings is 3. The van der Waals surface area contributed by atoms with Gasteiger partial charge in [0.05, 0.1) is 60.2 Å². The zero-order chi connectivity index (χ0) is 68.9. The van der Waals surface area contributed by atoms with Crippen LogP contribution >= 0.6 is 19.0 Å². The van der Waals surface area contributed by atoms with Gasteiger partial charge in [-0.25, -0.2) is 40.9 Å². The number of rotatable bonds is 22. The maximum absolute atomic E-state index is 12.6. The molecule has 2 unspecified atom stereocenters. The first-order chi connectivity index (χ1) is 42.2. The number of aliphatic carboxylic acids is 1. The van der Waals surface area contributed by atoms with Crippen molar-refractivity contribution in [3.05, 3.63) is 117 Å². The van der Waals surface area contributed by atoms with E-state index in [1.165, 1.54) is 90.4 Å². The van der Waals surface area contributed by atoms with Gasteiger partial charge in [-0.3, -0.25) is 30.1 Å². The van der Waals surface area contributed by atoms with Crippen molar-refractivity contribution in [2.45, 2.75) is 73.2 Å². The lowest BCUT2D eigenvalue weighted by molar-refractivity contribution is -0.385. The normalized spacial score (nSPS) is 12.4. The average molecular weight is 1390 g/mol. The number of halogens is 7. The molecular formula is C49H56ClF6N12O19PS3. The van der Waals surface area contributed by atoms with Crippen molar-refractivity contribution in [2.75, 3.05) is 57.1 Å². The van der Waals surface area contributed by atoms with Crippen molar-refractivity contribution in [3.8, 4) is 35.0 Å². The van der Waals surface area contributed by atoms with E-state index >= 15 is 0 Å². The van der Waals surface area contributed by atoms with E-state index in [1.54, 1.807) is 16.4 Å². The van der Waals surface area contributed by atoms with Crippen LogP contribution in [0, 0.1) is 17.0 Å². The van der Waals surface area contributed by atoms with E-state index in [0.717, 1.165) is 36.5 Å². The maximum atomic E-state index is 12.6. The minimum absolute atomic E-state index is 0.0111. The lowest BCUT2D eigenvalue weighted by Crippen LogP contribution is -2.36. The van der Waals surface area contributed by atoms with Crippen molar-refractivity contribution in [1.82, 2.24) is 39.3 Å². The third-order valence-electron chi connectivity index (χ3n) is 10.6. The summed E-state index contributed by atoms with van der Waals surface area (Å²) in [4.78, 5) is 74.9. The molecule has 42 heteroatoms. The number of urea groups is 2. The second-order valence-electron chi connectivity index (χ2n) is 17.6. The lowest BCUT2D eigenvalue weighted by atomic mass is 10.1. The van der Waals surface area contributed by atoms with Crippen LogP contribution in [0.1, 0.15) is 43.6 Å². The highest BCUT2D eigenvalue weighted by Gasteiger charge is 2.33. The Morgan fingerprint density at radius 2 is 1.36 bits per heavy atom. The molecule has 6 aromatic rings. The summed E-state index contributed by atoms with van der Waals surface area (Å²) in [6, 6.07) is 11.7. The summed E-state index contributed by atoms with van der Waals surface area (Å²) in [6.45, 7) is 5.89. The summed E-state index contributed by atoms with van der Waals surface area (Å²) < 4.78 is 188. The highest BCUT2D eigenvalue weighted by molar-refractivity contribution is 7.93. The second kappa shape index (κ2) is 33.3. The van der Waals surface area contributed by atoms with Crippen molar-refractivity contribution < 1.29 is 109 Å². The molecule has 0 saturated carbocycles. The topological polar surface area (TPSA) is 452 Å². The zero-order valence-electron chi connectivity index (χ0n) is 48.3. The van der Waals surface area contributed by atoms with Crippen LogP contribution in [0.5, 0.6) is 35.0 Å². The molecule has 3 aromatic carbocycles. The number of nitro benzene ring substituents is 1. The summed E-state index contributed by atoms with van der Waals surface area (Å²) in [5.74, 6) is -1.59. The molecule has 6 rings (SSSR count). The number of alkyl halides is 6. The molecule has 8 N–H and O–H groups in total. The van der Waals surface area contributed by atoms with Gasteiger partial charge in [0.1, 0.15) is 28.3 Å². The first kappa shape index (κ1) is 76.4. The standard InChI is InChI=1S/C15H11ClF3NO4.C15H16F3N5O4S.C14H17N5O7S2.C5H12NO4P/c1-2-23-14-8-10(4-5-12(14)20(21)22)24-13-6-3-9(7-11(13)16)15(17,18)19;1-9-19-12(22-14(20-9)27-2)21-13(24)23-28(25,26)11-6-4-3-5-10(11)7-8-15(16,17)18;1-4-27(21,22)9-6-5-7-15-12(9)28(23,24)19-14(20)18-13-16-10(25-2)8-11(17-13)26-3;1-11(9,10)3-2-4(6)5(7)8/h3-8H,2H2,1H3;3-6H,7-8H2,1-2H3,(H2,19,20,21,22,23,24);5-8H,4H2,1-3H3,(H2,16,17,18,19,20);4H,2-3,6H2,1H3,(H,7,8)(H,9,10). The van der Waals surface area contributed by atoms with E-state index in [9.17, 15) is 80.7 Å². The molecule has 0 bridgehead atoms. The van der Waals surface area contributed by atoms with Crippen molar-refractivity contribution in [1.29, 1.82) is 0 Å². The van der Waals surface area contributed by atoms with E-state index < -0.39 is 112 Å². The molecule has 31 nitrogen and oxygen atoms in total. The number of carbonyl (C=O) groups excluding carboxylic acids is 2. The zero-order valence-corrected chi connectivity index (χ0v) is 52.4. The van der Waals surface area contributed by atoms with Crippen LogP contribution in [0.25, 0.3) is 0 Å². The summed E-state index contributed by atoms with van der Waals surface area (Å²) in [7, 11) is -12.1. The number of hydrogen-bond donors (Lipinski definition) is 7. The predicted octanol–water partition coefficient (Wildman–Crippen LogP) is 7.53. The van der Waals surface area contributed by atoms with Gasteiger partial charge in [-0.15, -0.1) is 0 Å². The monoisotopic (exact) mass is 1390 g/mol. The highest BCUT2D eigenvalue weighted by Crippen LogP contribution is 2.39. The largest absolute Gasteiger partial charge is 0.487 e. The molecule has 0 aliphatic carbocycles. The fourth-order valence-corrected chi connectivity index (χ4v) is 11.2. The van der Waals surface area contributed by atoms with Gasteiger partial charge in [-0.2, -0.15) is 59.7 Å². The molecule has 3 aromatic heterocycles. The third kappa shape index (κ3) is 25.5. The molecular weight excluding hydrogens is 1340 g/mol. The van der Waals surface area contributed by atoms with E-state index in [2.05, 4.69) is 40.5 Å². The van der Waals surface area contributed by atoms with Crippen LogP contribution in [0.2, 0.25) is 5.02 Å². The first-order valence-corrected chi connectivity index (χ1v) is 32.4. The second-order valence-corrected chi connectivity index (χ2v) is 26.0. The Kier molecular flexibility index (Phi) is 28.0. The van der Waals surface area contributed by atoms with Crippen LogP contribution in [0.4, 0.5) is 53.5 Å². The van der Waals surface area contributed by atoms with Crippen molar-refractivity contribution >= 4 is 84.5 Å². The molecule has 91 heavy (non-hydrogen) atoms. The summed E-state index contributed by atoms with van der Waals surface area (Å²) in [5.41, 5.74) is 3.87. The number of aromatic nitrogens is 6. The number of ether oxygens (including phenoxy) is 5. The number of carboxylic acid groups (broad SMARTS) is 1. The van der Waals surface area contributed by atoms with Crippen LogP contribution in [-0.4, -0.2) is 147 Å². The maximum Gasteiger partial charge on any atom is 0.416 e. The molecule has 2 atom stereocenters. The number of nitrogens with zero attached hydrogens (tertiary/aromatic N) is 7. The number of nitrogens with two attached hydrogens (primary N) is 1. The first-order valence-electron chi connectivity index (χ1n) is 25.1. The Labute approximate surface area is 519 Å². The Morgan fingerprint density at radius 3 is 1.88 bits per heavy atom. The smallest absolute Gasteiger partial charge is 0.416 e. The van der Waals surface area contributed by atoms with Crippen molar-refractivity contribution in [2.24, 2.45) is 5.73 Å². The van der Waals surface area contributed by atoms with Crippen LogP contribution < -0.4 is 49.5 Å². The van der Waals surface area contributed by atoms with Crippen molar-refractivity contribution in [3.63, 3.8) is 0 Å². The van der Waals surface area contributed by atoms with Gasteiger partial charge in [0.15, 0.2) is 22.2 Å². The Balaban J connectivity index is 0.000000330. The quantitative estimate of drug-likeness (QED) is 0.0149. The number of methoxy groups -OCH3 is 3. The molecule has 0 spiro atoms. The third-order valence-corrected chi connectivity index (χ3v) is 16.6. The number of nitro groups is 1. The number of aryl methyl sites for hydroxylation is 2. The van der Waals surface area contributed by atoms with E-state index in [4.69, 9.17) is 51.0 Å². The number of sulfonamides is 2. The molecule has 0 saturated heterocycles. The Morgan fingerprint density at radius 1 is 0.780 bits per heavy atom. The fraction of sp³-hybridized carbons (Fsp3) is 0.327. The number of carbonyl (C=O) groups is 3. The van der Waals surface area contributed by atoms with Gasteiger partial charge < -0.3 is 39.4 Å². The minimum atomic E-state index is -4.61. The van der Waals surface area contributed by atoms with Gasteiger partial charge in [-0.05, 0) is 74.7 Å². The van der Waals surface area contributed by atoms with Crippen LogP contribution in [-0.2, 0) is 51.8 Å². The van der Waals surface area contributed by atoms with Gasteiger partial charge in [0, 0.05) is 37.6 Å². The van der Waals surface area contributed by atoms with Gasteiger partial charge in [0.2, 0.25) is 29.4 Å². The number of amides is 4. The van der Waals surface area contributed by atoms with E-state index in [1.807, 2.05) is 0 Å². The molecule has 3 heterocycles. The molecule has 0 radical (unpaired) electrons. The van der Waals surface area contributed by atoms with E-state index in [0.29, 0.717) is 0 Å². The van der Waals surface area contributed by atoms with Gasteiger partial charge in [0.25, 0.3) is 20.0 Å². The molecule has 4 amide bonds. The Bertz CT molecular complexity index is 3930. The number of nitrogens with one attached hydrogen (secondary N) is 4. The summed E-state index contributed by atoms with van der Waals surface area (Å²) in [6.07, 6.45) is -9.62. The number of hydrogen-bond acceptors (Lipinski definition) is 24. The van der Waals surface area contributed by atoms with Gasteiger partial charge in [-0.1, -0.05) is 36.7 Å². The van der Waals surface area contributed by atoms with E-state index in [-0.39, 0.29) is 94.0 Å². The molecule has 0 aliphatic rings.